The van der Waals surface area contributed by atoms with E-state index in [1.807, 2.05) is 43.3 Å². The highest BCUT2D eigenvalue weighted by molar-refractivity contribution is 5.67. The molecule has 0 aromatic heterocycles. The molecule has 0 spiro atoms. The highest BCUT2D eigenvalue weighted by Crippen LogP contribution is 2.23. The fourth-order valence-electron chi connectivity index (χ4n) is 2.12. The smallest absolute Gasteiger partial charge is 0.303 e. The Bertz CT molecular complexity index is 588. The molecule has 2 aromatic rings. The predicted octanol–water partition coefficient (Wildman–Crippen LogP) is 3.39. The molecule has 0 saturated heterocycles. The quantitative estimate of drug-likeness (QED) is 0.874. The van der Waals surface area contributed by atoms with Gasteiger partial charge in [0.1, 0.15) is 0 Å². The summed E-state index contributed by atoms with van der Waals surface area (Å²) >= 11 is 0. The normalized spacial score (nSPS) is 12.1. The molecule has 0 heterocycles. The van der Waals surface area contributed by atoms with Crippen molar-refractivity contribution in [3.8, 4) is 11.1 Å². The lowest BCUT2D eigenvalue weighted by Crippen LogP contribution is -2.04. The van der Waals surface area contributed by atoms with Gasteiger partial charge in [0, 0.05) is 12.5 Å². The maximum atomic E-state index is 10.6. The number of hydrogen-bond donors (Lipinski definition) is 2. The summed E-state index contributed by atoms with van der Waals surface area (Å²) in [6, 6.07) is 16.2. The number of hydrogen-bond acceptors (Lipinski definition) is 2. The first kappa shape index (κ1) is 14.3. The van der Waals surface area contributed by atoms with E-state index in [1.165, 1.54) is 0 Å². The van der Waals surface area contributed by atoms with E-state index in [4.69, 9.17) is 10.8 Å². The van der Waals surface area contributed by atoms with Gasteiger partial charge in [-0.05, 0) is 41.7 Å². The van der Waals surface area contributed by atoms with E-state index in [1.54, 1.807) is 0 Å². The predicted molar refractivity (Wildman–Crippen MR) is 80.4 cm³/mol. The molecule has 0 aliphatic carbocycles. The minimum absolute atomic E-state index is 0.0183. The Labute approximate surface area is 119 Å². The minimum Gasteiger partial charge on any atom is -0.481 e. The molecule has 0 saturated carbocycles. The van der Waals surface area contributed by atoms with Crippen LogP contribution in [0.25, 0.3) is 11.1 Å². The Hall–Kier alpha value is -2.13. The molecule has 0 bridgehead atoms. The molecule has 0 aliphatic rings. The summed E-state index contributed by atoms with van der Waals surface area (Å²) in [5.41, 5.74) is 10.3. The van der Waals surface area contributed by atoms with Crippen molar-refractivity contribution in [2.24, 2.45) is 5.73 Å². The Morgan fingerprint density at radius 1 is 1.15 bits per heavy atom. The molecule has 3 nitrogen and oxygen atoms in total. The van der Waals surface area contributed by atoms with Gasteiger partial charge in [-0.15, -0.1) is 0 Å². The van der Waals surface area contributed by atoms with Crippen LogP contribution in [0, 0.1) is 0 Å². The second kappa shape index (κ2) is 6.35. The standard InChI is InChI=1S/C17H19NO2/c1-12(18)15-3-2-4-16(11-15)14-8-5-13(6-9-14)7-10-17(19)20/h2-6,8-9,11-12H,7,10,18H2,1H3,(H,19,20). The Morgan fingerprint density at radius 2 is 1.85 bits per heavy atom. The van der Waals surface area contributed by atoms with Crippen molar-refractivity contribution in [3.63, 3.8) is 0 Å². The van der Waals surface area contributed by atoms with Crippen LogP contribution in [-0.2, 0) is 11.2 Å². The van der Waals surface area contributed by atoms with Gasteiger partial charge < -0.3 is 10.8 Å². The van der Waals surface area contributed by atoms with Crippen LogP contribution in [0.1, 0.15) is 30.5 Å². The van der Waals surface area contributed by atoms with Crippen LogP contribution in [0.3, 0.4) is 0 Å². The van der Waals surface area contributed by atoms with E-state index in [9.17, 15) is 4.79 Å². The van der Waals surface area contributed by atoms with Crippen LogP contribution < -0.4 is 5.73 Å². The van der Waals surface area contributed by atoms with E-state index in [2.05, 4.69) is 12.1 Å². The van der Waals surface area contributed by atoms with Gasteiger partial charge in [0.05, 0.1) is 0 Å². The number of rotatable bonds is 5. The molecule has 0 radical (unpaired) electrons. The third-order valence-corrected chi connectivity index (χ3v) is 3.33. The van der Waals surface area contributed by atoms with E-state index in [0.717, 1.165) is 22.3 Å². The van der Waals surface area contributed by atoms with Gasteiger partial charge in [-0.3, -0.25) is 4.79 Å². The number of carboxylic acid groups (broad SMARTS) is 1. The van der Waals surface area contributed by atoms with Crippen molar-refractivity contribution in [3.05, 3.63) is 59.7 Å². The molecular formula is C17H19NO2. The average Bonchev–Trinajstić information content (AvgIpc) is 2.46. The second-order valence-corrected chi connectivity index (χ2v) is 5.00. The van der Waals surface area contributed by atoms with Crippen LogP contribution in [0.5, 0.6) is 0 Å². The van der Waals surface area contributed by atoms with Gasteiger partial charge >= 0.3 is 5.97 Å². The number of carbonyl (C=O) groups is 1. The molecule has 1 unspecified atom stereocenters. The zero-order valence-electron chi connectivity index (χ0n) is 11.5. The third kappa shape index (κ3) is 3.68. The molecule has 2 aromatic carbocycles. The largest absolute Gasteiger partial charge is 0.481 e. The highest BCUT2D eigenvalue weighted by atomic mass is 16.4. The van der Waals surface area contributed by atoms with Gasteiger partial charge in [-0.25, -0.2) is 0 Å². The van der Waals surface area contributed by atoms with Crippen LogP contribution in [-0.4, -0.2) is 11.1 Å². The van der Waals surface area contributed by atoms with Crippen LogP contribution in [0.4, 0.5) is 0 Å². The number of carboxylic acids is 1. The van der Waals surface area contributed by atoms with E-state index in [0.29, 0.717) is 6.42 Å². The molecule has 20 heavy (non-hydrogen) atoms. The maximum Gasteiger partial charge on any atom is 0.303 e. The second-order valence-electron chi connectivity index (χ2n) is 5.00. The maximum absolute atomic E-state index is 10.6. The summed E-state index contributed by atoms with van der Waals surface area (Å²) in [7, 11) is 0. The summed E-state index contributed by atoms with van der Waals surface area (Å²) in [4.78, 5) is 10.6. The Balaban J connectivity index is 2.17. The highest BCUT2D eigenvalue weighted by Gasteiger charge is 2.03. The van der Waals surface area contributed by atoms with Crippen molar-refractivity contribution < 1.29 is 9.90 Å². The summed E-state index contributed by atoms with van der Waals surface area (Å²) in [5, 5.41) is 8.68. The van der Waals surface area contributed by atoms with Crippen molar-refractivity contribution >= 4 is 5.97 Å². The molecule has 0 fully saturated rings. The monoisotopic (exact) mass is 269 g/mol. The lowest BCUT2D eigenvalue weighted by molar-refractivity contribution is -0.136. The molecule has 2 rings (SSSR count). The lowest BCUT2D eigenvalue weighted by Gasteiger charge is -2.09. The van der Waals surface area contributed by atoms with Crippen molar-refractivity contribution in [2.45, 2.75) is 25.8 Å². The summed E-state index contributed by atoms with van der Waals surface area (Å²) < 4.78 is 0. The molecule has 3 heteroatoms. The van der Waals surface area contributed by atoms with Gasteiger partial charge in [-0.2, -0.15) is 0 Å². The van der Waals surface area contributed by atoms with Crippen molar-refractivity contribution in [1.29, 1.82) is 0 Å². The summed E-state index contributed by atoms with van der Waals surface area (Å²) in [6.45, 7) is 1.97. The van der Waals surface area contributed by atoms with E-state index in [-0.39, 0.29) is 12.5 Å². The lowest BCUT2D eigenvalue weighted by atomic mass is 9.99. The summed E-state index contributed by atoms with van der Waals surface area (Å²) in [5.74, 6) is -0.765. The minimum atomic E-state index is -0.765. The first-order chi connectivity index (χ1) is 9.56. The zero-order chi connectivity index (χ0) is 14.5. The summed E-state index contributed by atoms with van der Waals surface area (Å²) in [6.07, 6.45) is 0.731. The topological polar surface area (TPSA) is 63.3 Å². The first-order valence-corrected chi connectivity index (χ1v) is 6.73. The van der Waals surface area contributed by atoms with E-state index >= 15 is 0 Å². The number of benzene rings is 2. The van der Waals surface area contributed by atoms with Crippen LogP contribution in [0.15, 0.2) is 48.5 Å². The number of aliphatic carboxylic acids is 1. The fraction of sp³-hybridized carbons (Fsp3) is 0.235. The SMILES string of the molecule is CC(N)c1cccc(-c2ccc(CCC(=O)O)cc2)c1. The molecule has 1 atom stereocenters. The number of nitrogens with two attached hydrogens (primary N) is 1. The molecule has 0 aliphatic heterocycles. The molecular weight excluding hydrogens is 250 g/mol. The fourth-order valence-corrected chi connectivity index (χ4v) is 2.12. The van der Waals surface area contributed by atoms with Crippen LogP contribution >= 0.6 is 0 Å². The molecule has 104 valence electrons. The van der Waals surface area contributed by atoms with E-state index < -0.39 is 5.97 Å². The number of aryl methyl sites for hydroxylation is 1. The zero-order valence-corrected chi connectivity index (χ0v) is 11.5. The van der Waals surface area contributed by atoms with Gasteiger partial charge in [0.15, 0.2) is 0 Å². The van der Waals surface area contributed by atoms with Crippen LogP contribution in [0.2, 0.25) is 0 Å². The molecule has 0 amide bonds. The Kier molecular flexibility index (Phi) is 4.53. The Morgan fingerprint density at radius 3 is 2.45 bits per heavy atom. The molecule has 3 N–H and O–H groups in total. The van der Waals surface area contributed by atoms with Crippen molar-refractivity contribution in [2.75, 3.05) is 0 Å². The van der Waals surface area contributed by atoms with Gasteiger partial charge in [-0.1, -0.05) is 42.5 Å². The third-order valence-electron chi connectivity index (χ3n) is 3.33. The van der Waals surface area contributed by atoms with Gasteiger partial charge in [0.2, 0.25) is 0 Å². The average molecular weight is 269 g/mol. The van der Waals surface area contributed by atoms with Crippen molar-refractivity contribution in [1.82, 2.24) is 0 Å². The van der Waals surface area contributed by atoms with Gasteiger partial charge in [0.25, 0.3) is 0 Å². The first-order valence-electron chi connectivity index (χ1n) is 6.73.